The van der Waals surface area contributed by atoms with Gasteiger partial charge in [0.25, 0.3) is 5.91 Å². The van der Waals surface area contributed by atoms with Crippen LogP contribution in [-0.2, 0) is 0 Å². The van der Waals surface area contributed by atoms with Crippen LogP contribution in [0.3, 0.4) is 0 Å². The number of ether oxygens (including phenoxy) is 1. The Morgan fingerprint density at radius 3 is 2.80 bits per heavy atom. The molecule has 0 radical (unpaired) electrons. The summed E-state index contributed by atoms with van der Waals surface area (Å²) in [6.07, 6.45) is 1.55. The Kier molecular flexibility index (Phi) is 4.34. The number of methoxy groups -OCH3 is 1. The third kappa shape index (κ3) is 3.14. The molecule has 6 heteroatoms. The number of amides is 1. The second kappa shape index (κ2) is 6.00. The third-order valence-corrected chi connectivity index (χ3v) is 3.80. The molecule has 2 heterocycles. The summed E-state index contributed by atoms with van der Waals surface area (Å²) in [6.45, 7) is 5.88. The molecule has 20 heavy (non-hydrogen) atoms. The maximum absolute atomic E-state index is 12.2. The fraction of sp³-hybridized carbons (Fsp3) is 0.357. The lowest BCUT2D eigenvalue weighted by Gasteiger charge is -2.12. The van der Waals surface area contributed by atoms with Crippen molar-refractivity contribution in [1.29, 1.82) is 0 Å². The summed E-state index contributed by atoms with van der Waals surface area (Å²) in [6, 6.07) is 3.16. The van der Waals surface area contributed by atoms with Gasteiger partial charge in [-0.25, -0.2) is 4.98 Å². The van der Waals surface area contributed by atoms with Gasteiger partial charge in [-0.1, -0.05) is 0 Å². The Morgan fingerprint density at radius 1 is 1.45 bits per heavy atom. The first-order chi connectivity index (χ1) is 9.51. The highest BCUT2D eigenvalue weighted by Gasteiger charge is 2.17. The van der Waals surface area contributed by atoms with E-state index in [2.05, 4.69) is 15.3 Å². The topological polar surface area (TPSA) is 64.1 Å². The number of nitrogens with one attached hydrogen (secondary N) is 1. The molecule has 0 unspecified atom stereocenters. The highest BCUT2D eigenvalue weighted by atomic mass is 32.1. The van der Waals surface area contributed by atoms with Crippen LogP contribution >= 0.6 is 11.3 Å². The number of aryl methyl sites for hydroxylation is 2. The number of thiazole rings is 1. The highest BCUT2D eigenvalue weighted by molar-refractivity contribution is 7.11. The fourth-order valence-corrected chi connectivity index (χ4v) is 2.86. The summed E-state index contributed by atoms with van der Waals surface area (Å²) in [5.74, 6) is 0.375. The maximum atomic E-state index is 12.2. The van der Waals surface area contributed by atoms with Crippen molar-refractivity contribution in [3.8, 4) is 5.75 Å². The second-order valence-corrected chi connectivity index (χ2v) is 5.86. The van der Waals surface area contributed by atoms with Crippen molar-refractivity contribution in [2.45, 2.75) is 26.8 Å². The molecule has 0 saturated carbocycles. The molecule has 2 aromatic heterocycles. The zero-order valence-corrected chi connectivity index (χ0v) is 12.7. The van der Waals surface area contributed by atoms with Crippen molar-refractivity contribution in [3.63, 3.8) is 0 Å². The molecular weight excluding hydrogens is 274 g/mol. The van der Waals surface area contributed by atoms with Crippen LogP contribution in [0.5, 0.6) is 5.75 Å². The number of aromatic nitrogens is 2. The minimum atomic E-state index is -0.235. The average Bonchev–Trinajstić information content (AvgIpc) is 2.77. The Hall–Kier alpha value is -1.95. The van der Waals surface area contributed by atoms with Crippen LogP contribution in [0.15, 0.2) is 18.3 Å². The van der Waals surface area contributed by atoms with Crippen molar-refractivity contribution in [1.82, 2.24) is 15.3 Å². The molecule has 0 saturated heterocycles. The van der Waals surface area contributed by atoms with E-state index in [9.17, 15) is 4.79 Å². The van der Waals surface area contributed by atoms with Crippen LogP contribution in [0.4, 0.5) is 0 Å². The molecule has 106 valence electrons. The van der Waals surface area contributed by atoms with E-state index in [1.807, 2.05) is 20.8 Å². The molecule has 0 aliphatic rings. The molecule has 0 spiro atoms. The van der Waals surface area contributed by atoms with Crippen LogP contribution < -0.4 is 10.1 Å². The van der Waals surface area contributed by atoms with Gasteiger partial charge < -0.3 is 10.1 Å². The van der Waals surface area contributed by atoms with Gasteiger partial charge in [0.2, 0.25) is 0 Å². The van der Waals surface area contributed by atoms with Gasteiger partial charge in [0.15, 0.2) is 0 Å². The van der Waals surface area contributed by atoms with E-state index in [1.165, 1.54) is 0 Å². The van der Waals surface area contributed by atoms with E-state index in [0.29, 0.717) is 11.4 Å². The van der Waals surface area contributed by atoms with Crippen molar-refractivity contribution >= 4 is 17.2 Å². The van der Waals surface area contributed by atoms with E-state index in [0.717, 1.165) is 15.6 Å². The number of hydrogen-bond donors (Lipinski definition) is 1. The molecule has 1 amide bonds. The zero-order valence-electron chi connectivity index (χ0n) is 11.9. The first kappa shape index (κ1) is 14.5. The van der Waals surface area contributed by atoms with Crippen molar-refractivity contribution in [2.75, 3.05) is 7.11 Å². The lowest BCUT2D eigenvalue weighted by atomic mass is 10.2. The summed E-state index contributed by atoms with van der Waals surface area (Å²) in [7, 11) is 1.56. The van der Waals surface area contributed by atoms with Gasteiger partial charge in [-0.05, 0) is 26.8 Å². The Bertz CT molecular complexity index is 625. The van der Waals surface area contributed by atoms with Gasteiger partial charge in [0, 0.05) is 17.1 Å². The number of rotatable bonds is 4. The second-order valence-electron chi connectivity index (χ2n) is 4.45. The van der Waals surface area contributed by atoms with Crippen molar-refractivity contribution in [2.24, 2.45) is 0 Å². The molecule has 0 aliphatic carbocycles. The Morgan fingerprint density at radius 2 is 2.20 bits per heavy atom. The van der Waals surface area contributed by atoms with Gasteiger partial charge in [-0.2, -0.15) is 0 Å². The molecule has 1 atom stereocenters. The van der Waals surface area contributed by atoms with Crippen LogP contribution in [0.1, 0.15) is 39.0 Å². The SMILES string of the molecule is COc1ccnc(C(=O)N[C@@H](C)c2nc(C)sc2C)c1. The predicted octanol–water partition coefficient (Wildman–Crippen LogP) is 2.65. The normalized spacial score (nSPS) is 12.0. The average molecular weight is 291 g/mol. The number of hydrogen-bond acceptors (Lipinski definition) is 5. The predicted molar refractivity (Wildman–Crippen MR) is 78.3 cm³/mol. The molecular formula is C14H17N3O2S. The summed E-state index contributed by atoms with van der Waals surface area (Å²) >= 11 is 1.63. The molecule has 1 N–H and O–H groups in total. The van der Waals surface area contributed by atoms with Crippen LogP contribution in [0, 0.1) is 13.8 Å². The quantitative estimate of drug-likeness (QED) is 0.940. The van der Waals surface area contributed by atoms with Crippen LogP contribution in [0.25, 0.3) is 0 Å². The molecule has 0 fully saturated rings. The minimum absolute atomic E-state index is 0.152. The lowest BCUT2D eigenvalue weighted by Crippen LogP contribution is -2.28. The largest absolute Gasteiger partial charge is 0.497 e. The minimum Gasteiger partial charge on any atom is -0.497 e. The third-order valence-electron chi connectivity index (χ3n) is 2.90. The maximum Gasteiger partial charge on any atom is 0.270 e. The van der Waals surface area contributed by atoms with Crippen LogP contribution in [0.2, 0.25) is 0 Å². The first-order valence-electron chi connectivity index (χ1n) is 6.26. The molecule has 5 nitrogen and oxygen atoms in total. The Labute approximate surface area is 122 Å². The molecule has 0 aliphatic heterocycles. The summed E-state index contributed by atoms with van der Waals surface area (Å²) in [5, 5.41) is 3.90. The van der Waals surface area contributed by atoms with Gasteiger partial charge in [-0.15, -0.1) is 11.3 Å². The zero-order chi connectivity index (χ0) is 14.7. The molecule has 2 rings (SSSR count). The van der Waals surface area contributed by atoms with Gasteiger partial charge in [0.1, 0.15) is 11.4 Å². The van der Waals surface area contributed by atoms with E-state index in [1.54, 1.807) is 36.8 Å². The molecule has 0 bridgehead atoms. The number of carbonyl (C=O) groups is 1. The smallest absolute Gasteiger partial charge is 0.270 e. The molecule has 2 aromatic rings. The van der Waals surface area contributed by atoms with Gasteiger partial charge >= 0.3 is 0 Å². The summed E-state index contributed by atoms with van der Waals surface area (Å²) in [4.78, 5) is 21.8. The van der Waals surface area contributed by atoms with Crippen molar-refractivity contribution < 1.29 is 9.53 Å². The lowest BCUT2D eigenvalue weighted by molar-refractivity contribution is 0.0933. The molecule has 0 aromatic carbocycles. The van der Waals surface area contributed by atoms with Crippen molar-refractivity contribution in [3.05, 3.63) is 39.6 Å². The summed E-state index contributed by atoms with van der Waals surface area (Å²) in [5.41, 5.74) is 1.24. The monoisotopic (exact) mass is 291 g/mol. The van der Waals surface area contributed by atoms with Gasteiger partial charge in [-0.3, -0.25) is 9.78 Å². The van der Waals surface area contributed by atoms with E-state index < -0.39 is 0 Å². The number of carbonyl (C=O) groups excluding carboxylic acids is 1. The number of pyridine rings is 1. The van der Waals surface area contributed by atoms with E-state index in [-0.39, 0.29) is 11.9 Å². The van der Waals surface area contributed by atoms with Gasteiger partial charge in [0.05, 0.1) is 23.9 Å². The number of nitrogens with zero attached hydrogens (tertiary/aromatic N) is 2. The highest BCUT2D eigenvalue weighted by Crippen LogP contribution is 2.22. The fourth-order valence-electron chi connectivity index (χ4n) is 1.95. The van der Waals surface area contributed by atoms with E-state index in [4.69, 9.17) is 4.74 Å². The summed E-state index contributed by atoms with van der Waals surface area (Å²) < 4.78 is 5.09. The van der Waals surface area contributed by atoms with E-state index >= 15 is 0 Å². The standard InChI is InChI=1S/C14H17N3O2S/c1-8(13-9(2)20-10(3)17-13)16-14(18)12-7-11(19-4)5-6-15-12/h5-8H,1-4H3,(H,16,18)/t8-/m0/s1. The van der Waals surface area contributed by atoms with Crippen LogP contribution in [-0.4, -0.2) is 23.0 Å². The Balaban J connectivity index is 2.12. The first-order valence-corrected chi connectivity index (χ1v) is 7.07.